The lowest BCUT2D eigenvalue weighted by molar-refractivity contribution is 0.102. The first-order chi connectivity index (χ1) is 13.1. The molecule has 0 aliphatic rings. The summed E-state index contributed by atoms with van der Waals surface area (Å²) in [5.41, 5.74) is 3.30. The summed E-state index contributed by atoms with van der Waals surface area (Å²) < 4.78 is 0. The van der Waals surface area contributed by atoms with Gasteiger partial charge in [0.25, 0.3) is 5.91 Å². The number of carbonyl (C=O) groups is 1. The zero-order valence-electron chi connectivity index (χ0n) is 15.1. The molecule has 2 aromatic carbocycles. The molecular weight excluding hydrogens is 360 g/mol. The quantitative estimate of drug-likeness (QED) is 0.581. The van der Waals surface area contributed by atoms with E-state index in [-0.39, 0.29) is 5.91 Å². The van der Waals surface area contributed by atoms with E-state index < -0.39 is 0 Å². The Kier molecular flexibility index (Phi) is 6.39. The standard InChI is InChI=1S/C21H21ClN4O/c1-15-9-10-18(12-19(15)22)26-20(27)17-13-24-21(25-14-17)23-11-5-8-16-6-3-2-4-7-16/h2-4,6-7,9-10,12-14H,5,8,11H2,1H3,(H,26,27)(H,23,24,25). The zero-order chi connectivity index (χ0) is 19.1. The van der Waals surface area contributed by atoms with Gasteiger partial charge in [-0.3, -0.25) is 4.79 Å². The van der Waals surface area contributed by atoms with Crippen LogP contribution in [-0.4, -0.2) is 22.4 Å². The van der Waals surface area contributed by atoms with Gasteiger partial charge in [-0.2, -0.15) is 0 Å². The minimum atomic E-state index is -0.273. The largest absolute Gasteiger partial charge is 0.354 e. The molecule has 0 saturated carbocycles. The molecule has 0 unspecified atom stereocenters. The number of hydrogen-bond donors (Lipinski definition) is 2. The number of aromatic nitrogens is 2. The highest BCUT2D eigenvalue weighted by Gasteiger charge is 2.08. The molecule has 0 bridgehead atoms. The number of nitrogens with zero attached hydrogens (tertiary/aromatic N) is 2. The summed E-state index contributed by atoms with van der Waals surface area (Å²) in [6, 6.07) is 15.7. The molecule has 0 aliphatic carbocycles. The molecule has 0 radical (unpaired) electrons. The van der Waals surface area contributed by atoms with Crippen LogP contribution in [0.4, 0.5) is 11.6 Å². The normalized spacial score (nSPS) is 10.4. The number of aryl methyl sites for hydroxylation is 2. The Labute approximate surface area is 163 Å². The van der Waals surface area contributed by atoms with Crippen LogP contribution in [0.15, 0.2) is 60.9 Å². The lowest BCUT2D eigenvalue weighted by Gasteiger charge is -2.08. The minimum Gasteiger partial charge on any atom is -0.354 e. The van der Waals surface area contributed by atoms with Crippen LogP contribution < -0.4 is 10.6 Å². The second-order valence-electron chi connectivity index (χ2n) is 6.23. The van der Waals surface area contributed by atoms with Gasteiger partial charge in [0, 0.05) is 29.6 Å². The Morgan fingerprint density at radius 2 is 1.81 bits per heavy atom. The van der Waals surface area contributed by atoms with Crippen LogP contribution in [0.3, 0.4) is 0 Å². The lowest BCUT2D eigenvalue weighted by atomic mass is 10.1. The first-order valence-corrected chi connectivity index (χ1v) is 9.17. The summed E-state index contributed by atoms with van der Waals surface area (Å²) in [6.07, 6.45) is 4.99. The summed E-state index contributed by atoms with van der Waals surface area (Å²) in [7, 11) is 0. The molecule has 6 heteroatoms. The van der Waals surface area contributed by atoms with E-state index in [0.29, 0.717) is 22.2 Å². The van der Waals surface area contributed by atoms with Crippen molar-refractivity contribution in [2.24, 2.45) is 0 Å². The third-order valence-corrected chi connectivity index (χ3v) is 4.52. The topological polar surface area (TPSA) is 66.9 Å². The fourth-order valence-corrected chi connectivity index (χ4v) is 2.73. The number of amides is 1. The van der Waals surface area contributed by atoms with Crippen LogP contribution in [0.25, 0.3) is 0 Å². The van der Waals surface area contributed by atoms with Crippen molar-refractivity contribution in [1.82, 2.24) is 9.97 Å². The van der Waals surface area contributed by atoms with Crippen molar-refractivity contribution in [2.75, 3.05) is 17.2 Å². The number of anilines is 2. The van der Waals surface area contributed by atoms with Gasteiger partial charge in [0.2, 0.25) is 5.95 Å². The summed E-state index contributed by atoms with van der Waals surface area (Å²) in [4.78, 5) is 20.7. The molecule has 3 aromatic rings. The molecule has 3 rings (SSSR count). The Morgan fingerprint density at radius 3 is 2.52 bits per heavy atom. The summed E-state index contributed by atoms with van der Waals surface area (Å²) in [6.45, 7) is 2.68. The molecular formula is C21H21ClN4O. The number of rotatable bonds is 7. The van der Waals surface area contributed by atoms with Gasteiger partial charge >= 0.3 is 0 Å². The van der Waals surface area contributed by atoms with Gasteiger partial charge in [-0.25, -0.2) is 9.97 Å². The number of benzene rings is 2. The van der Waals surface area contributed by atoms with Crippen LogP contribution in [0, 0.1) is 6.92 Å². The van der Waals surface area contributed by atoms with Gasteiger partial charge < -0.3 is 10.6 Å². The average Bonchev–Trinajstić information content (AvgIpc) is 2.69. The predicted molar refractivity (Wildman–Crippen MR) is 109 cm³/mol. The van der Waals surface area contributed by atoms with Crippen molar-refractivity contribution < 1.29 is 4.79 Å². The van der Waals surface area contributed by atoms with Crippen LogP contribution in [0.1, 0.15) is 27.9 Å². The first-order valence-electron chi connectivity index (χ1n) is 8.79. The van der Waals surface area contributed by atoms with Crippen molar-refractivity contribution in [3.05, 3.63) is 82.6 Å². The maximum absolute atomic E-state index is 12.3. The zero-order valence-corrected chi connectivity index (χ0v) is 15.8. The van der Waals surface area contributed by atoms with Crippen LogP contribution in [0.5, 0.6) is 0 Å². The van der Waals surface area contributed by atoms with E-state index in [1.165, 1.54) is 18.0 Å². The van der Waals surface area contributed by atoms with E-state index in [4.69, 9.17) is 11.6 Å². The smallest absolute Gasteiger partial charge is 0.258 e. The van der Waals surface area contributed by atoms with Crippen LogP contribution in [-0.2, 0) is 6.42 Å². The summed E-state index contributed by atoms with van der Waals surface area (Å²) in [5, 5.41) is 6.58. The molecule has 1 amide bonds. The number of nitrogens with one attached hydrogen (secondary N) is 2. The van der Waals surface area contributed by atoms with E-state index >= 15 is 0 Å². The molecule has 2 N–H and O–H groups in total. The Morgan fingerprint density at radius 1 is 1.07 bits per heavy atom. The van der Waals surface area contributed by atoms with Gasteiger partial charge in [0.15, 0.2) is 0 Å². The van der Waals surface area contributed by atoms with Crippen molar-refractivity contribution in [3.8, 4) is 0 Å². The SMILES string of the molecule is Cc1ccc(NC(=O)c2cnc(NCCCc3ccccc3)nc2)cc1Cl. The molecule has 1 heterocycles. The van der Waals surface area contributed by atoms with Crippen molar-refractivity contribution >= 4 is 29.1 Å². The molecule has 0 atom stereocenters. The Bertz CT molecular complexity index is 898. The van der Waals surface area contributed by atoms with E-state index in [9.17, 15) is 4.79 Å². The Balaban J connectivity index is 1.49. The molecule has 5 nitrogen and oxygen atoms in total. The highest BCUT2D eigenvalue weighted by molar-refractivity contribution is 6.31. The molecule has 0 saturated heterocycles. The fraction of sp³-hybridized carbons (Fsp3) is 0.190. The molecule has 1 aromatic heterocycles. The number of carbonyl (C=O) groups excluding carboxylic acids is 1. The maximum Gasteiger partial charge on any atom is 0.258 e. The minimum absolute atomic E-state index is 0.273. The molecule has 0 fully saturated rings. The van der Waals surface area contributed by atoms with Gasteiger partial charge in [0.1, 0.15) is 0 Å². The summed E-state index contributed by atoms with van der Waals surface area (Å²) >= 11 is 6.08. The molecule has 27 heavy (non-hydrogen) atoms. The van der Waals surface area contributed by atoms with E-state index in [1.807, 2.05) is 37.3 Å². The van der Waals surface area contributed by atoms with Crippen LogP contribution in [0.2, 0.25) is 5.02 Å². The van der Waals surface area contributed by atoms with Gasteiger partial charge in [-0.15, -0.1) is 0 Å². The molecule has 138 valence electrons. The van der Waals surface area contributed by atoms with Crippen molar-refractivity contribution in [3.63, 3.8) is 0 Å². The highest BCUT2D eigenvalue weighted by atomic mass is 35.5. The number of halogens is 1. The van der Waals surface area contributed by atoms with E-state index in [1.54, 1.807) is 6.07 Å². The molecule has 0 spiro atoms. The lowest BCUT2D eigenvalue weighted by Crippen LogP contribution is -2.14. The summed E-state index contributed by atoms with van der Waals surface area (Å²) in [5.74, 6) is 0.239. The second-order valence-corrected chi connectivity index (χ2v) is 6.64. The van der Waals surface area contributed by atoms with Gasteiger partial charge in [-0.1, -0.05) is 48.0 Å². The van der Waals surface area contributed by atoms with Crippen LogP contribution >= 0.6 is 11.6 Å². The highest BCUT2D eigenvalue weighted by Crippen LogP contribution is 2.20. The second kappa shape index (κ2) is 9.14. The average molecular weight is 381 g/mol. The molecule has 0 aliphatic heterocycles. The van der Waals surface area contributed by atoms with Gasteiger partial charge in [0.05, 0.1) is 5.56 Å². The third-order valence-electron chi connectivity index (χ3n) is 4.11. The maximum atomic E-state index is 12.3. The van der Waals surface area contributed by atoms with Gasteiger partial charge in [-0.05, 0) is 43.0 Å². The Hall–Kier alpha value is -2.92. The fourth-order valence-electron chi connectivity index (χ4n) is 2.55. The first kappa shape index (κ1) is 18.9. The number of hydrogen-bond acceptors (Lipinski definition) is 4. The third kappa shape index (κ3) is 5.53. The van der Waals surface area contributed by atoms with Crippen molar-refractivity contribution in [2.45, 2.75) is 19.8 Å². The predicted octanol–water partition coefficient (Wildman–Crippen LogP) is 4.74. The van der Waals surface area contributed by atoms with E-state index in [2.05, 4.69) is 32.7 Å². The van der Waals surface area contributed by atoms with E-state index in [0.717, 1.165) is 24.9 Å². The van der Waals surface area contributed by atoms with Crippen molar-refractivity contribution in [1.29, 1.82) is 0 Å². The monoisotopic (exact) mass is 380 g/mol.